The molecule has 2 heterocycles. The number of hydrogen-bond donors (Lipinski definition) is 3. The van der Waals surface area contributed by atoms with Gasteiger partial charge in [-0.3, -0.25) is 10.1 Å². The molecular weight excluding hydrogens is 341 g/mol. The fraction of sp³-hybridized carbons (Fsp3) is 0.286. The van der Waals surface area contributed by atoms with Crippen LogP contribution in [0.4, 0.5) is 24.7 Å². The van der Waals surface area contributed by atoms with Gasteiger partial charge in [0.25, 0.3) is 5.91 Å². The van der Waals surface area contributed by atoms with Crippen LogP contribution in [0.5, 0.6) is 0 Å². The van der Waals surface area contributed by atoms with E-state index in [-0.39, 0.29) is 23.7 Å². The third kappa shape index (κ3) is 3.70. The van der Waals surface area contributed by atoms with Crippen LogP contribution in [0.3, 0.4) is 0 Å². The molecule has 8 nitrogen and oxygen atoms in total. The van der Waals surface area contributed by atoms with Gasteiger partial charge in [-0.05, 0) is 28.5 Å². The molecule has 1 aromatic carbocycles. The topological polar surface area (TPSA) is 109 Å². The van der Waals surface area contributed by atoms with Gasteiger partial charge in [0.2, 0.25) is 11.5 Å². The summed E-state index contributed by atoms with van der Waals surface area (Å²) < 4.78 is 44.3. The summed E-state index contributed by atoms with van der Waals surface area (Å²) in [7, 11) is 0. The Balaban J connectivity index is 1.74. The lowest BCUT2D eigenvalue weighted by Gasteiger charge is -2.10. The minimum Gasteiger partial charge on any atom is -0.379 e. The van der Waals surface area contributed by atoms with Gasteiger partial charge in [-0.15, -0.1) is 0 Å². The molecule has 4 N–H and O–H groups in total. The number of nitrogens with one attached hydrogen (secondary N) is 2. The number of rotatable bonds is 4. The van der Waals surface area contributed by atoms with E-state index in [9.17, 15) is 18.0 Å². The van der Waals surface area contributed by atoms with Crippen LogP contribution in [0.1, 0.15) is 11.3 Å². The molecule has 3 rings (SSSR count). The highest BCUT2D eigenvalue weighted by molar-refractivity contribution is 5.98. The molecule has 2 aromatic rings. The van der Waals surface area contributed by atoms with E-state index >= 15 is 0 Å². The zero-order chi connectivity index (χ0) is 18.0. The lowest BCUT2D eigenvalue weighted by Crippen LogP contribution is -2.31. The fourth-order valence-electron chi connectivity index (χ4n) is 2.43. The second kappa shape index (κ2) is 6.42. The molecule has 0 unspecified atom stereocenters. The second-order valence-corrected chi connectivity index (χ2v) is 5.32. The Morgan fingerprint density at radius 2 is 2.20 bits per heavy atom. The lowest BCUT2D eigenvalue weighted by atomic mass is 10.2. The molecule has 132 valence electrons. The van der Waals surface area contributed by atoms with Crippen molar-refractivity contribution in [3.8, 4) is 0 Å². The maximum atomic E-state index is 12.7. The zero-order valence-electron chi connectivity index (χ0n) is 12.8. The number of hydrogen-bond acceptors (Lipinski definition) is 6. The van der Waals surface area contributed by atoms with Gasteiger partial charge in [0.15, 0.2) is 6.54 Å². The van der Waals surface area contributed by atoms with Crippen molar-refractivity contribution in [2.75, 3.05) is 30.7 Å². The smallest absolute Gasteiger partial charge is 0.379 e. The minimum absolute atomic E-state index is 0.0659. The van der Waals surface area contributed by atoms with Crippen molar-refractivity contribution < 1.29 is 27.2 Å². The summed E-state index contributed by atoms with van der Waals surface area (Å²) in [5.74, 6) is 0.0844. The third-order valence-corrected chi connectivity index (χ3v) is 3.54. The summed E-state index contributed by atoms with van der Waals surface area (Å²) in [5.41, 5.74) is 5.15. The molecule has 0 spiro atoms. The monoisotopic (exact) mass is 355 g/mol. The largest absolute Gasteiger partial charge is 0.416 e. The van der Waals surface area contributed by atoms with Crippen LogP contribution >= 0.6 is 0 Å². The first-order valence-corrected chi connectivity index (χ1v) is 7.26. The number of benzene rings is 1. The van der Waals surface area contributed by atoms with E-state index in [1.807, 2.05) is 0 Å². The van der Waals surface area contributed by atoms with Gasteiger partial charge < -0.3 is 11.1 Å². The number of carbonyl (C=O) groups excluding carboxylic acids is 1. The van der Waals surface area contributed by atoms with Crippen LogP contribution in [0.15, 0.2) is 28.9 Å². The predicted octanol–water partition coefficient (Wildman–Crippen LogP) is 0.672. The fourth-order valence-corrected chi connectivity index (χ4v) is 2.43. The van der Waals surface area contributed by atoms with Crippen LogP contribution < -0.4 is 16.4 Å². The van der Waals surface area contributed by atoms with Crippen LogP contribution in [0, 0.1) is 0 Å². The average Bonchev–Trinajstić information content (AvgIpc) is 3.15. The summed E-state index contributed by atoms with van der Waals surface area (Å²) in [6.45, 7) is 0.959. The molecule has 0 fully saturated rings. The molecule has 0 radical (unpaired) electrons. The number of amides is 1. The number of nitrogens with zero attached hydrogens (tertiary/aromatic N) is 3. The summed E-state index contributed by atoms with van der Waals surface area (Å²) >= 11 is 0. The van der Waals surface area contributed by atoms with Crippen molar-refractivity contribution in [3.63, 3.8) is 0 Å². The summed E-state index contributed by atoms with van der Waals surface area (Å²) in [6, 6.07) is 4.44. The number of anilines is 2. The minimum atomic E-state index is -4.47. The van der Waals surface area contributed by atoms with E-state index in [1.165, 1.54) is 12.1 Å². The highest BCUT2D eigenvalue weighted by atomic mass is 19.4. The normalized spacial score (nSPS) is 14.5. The average molecular weight is 355 g/mol. The van der Waals surface area contributed by atoms with Crippen molar-refractivity contribution >= 4 is 23.2 Å². The lowest BCUT2D eigenvalue weighted by molar-refractivity contribution is -0.505. The van der Waals surface area contributed by atoms with Gasteiger partial charge in [0, 0.05) is 5.69 Å². The quantitative estimate of drug-likeness (QED) is 0.696. The Kier molecular flexibility index (Phi) is 4.30. The Morgan fingerprint density at radius 3 is 2.88 bits per heavy atom. The van der Waals surface area contributed by atoms with E-state index in [0.29, 0.717) is 18.9 Å². The van der Waals surface area contributed by atoms with Gasteiger partial charge in [-0.2, -0.15) is 13.2 Å². The highest BCUT2D eigenvalue weighted by Gasteiger charge is 2.31. The molecule has 25 heavy (non-hydrogen) atoms. The number of halogens is 3. The first-order valence-electron chi connectivity index (χ1n) is 7.26. The Labute approximate surface area is 139 Å². The van der Waals surface area contributed by atoms with Gasteiger partial charge in [0.05, 0.1) is 5.56 Å². The van der Waals surface area contributed by atoms with Crippen LogP contribution in [0.2, 0.25) is 0 Å². The Bertz CT molecular complexity index is 830. The van der Waals surface area contributed by atoms with Crippen molar-refractivity contribution in [1.82, 2.24) is 15.6 Å². The first kappa shape index (κ1) is 16.7. The standard InChI is InChI=1S/C14H13F3N6O2/c15-14(16,17)8-2-1-3-9(6-8)20-10(24)7-23-5-4-19-13(23)11-12(18)22-25-21-11/h1-3,6H,4-5,7H2,(H3,18,20,22,24)/p+1. The molecule has 0 bridgehead atoms. The number of amidine groups is 1. The van der Waals surface area contributed by atoms with E-state index in [1.54, 1.807) is 4.58 Å². The number of nitrogen functional groups attached to an aromatic ring is 1. The van der Waals surface area contributed by atoms with E-state index in [4.69, 9.17) is 5.73 Å². The van der Waals surface area contributed by atoms with Gasteiger partial charge in [0.1, 0.15) is 13.1 Å². The summed E-state index contributed by atoms with van der Waals surface area (Å²) in [6.07, 6.45) is -4.47. The number of alkyl halides is 3. The van der Waals surface area contributed by atoms with Crippen LogP contribution in [-0.4, -0.2) is 46.3 Å². The zero-order valence-corrected chi connectivity index (χ0v) is 12.8. The third-order valence-electron chi connectivity index (χ3n) is 3.54. The maximum Gasteiger partial charge on any atom is 0.416 e. The molecular formula is C14H14F3N6O2+. The molecule has 0 aliphatic carbocycles. The molecule has 0 saturated carbocycles. The Hall–Kier alpha value is -3.11. The van der Waals surface area contributed by atoms with Crippen molar-refractivity contribution in [3.05, 3.63) is 35.5 Å². The number of carbonyl (C=O) groups is 1. The van der Waals surface area contributed by atoms with E-state index in [2.05, 4.69) is 25.6 Å². The first-order chi connectivity index (χ1) is 11.8. The number of nitrogens with two attached hydrogens (primary N) is 1. The molecule has 1 aliphatic rings. The van der Waals surface area contributed by atoms with E-state index < -0.39 is 17.6 Å². The molecule has 0 saturated heterocycles. The highest BCUT2D eigenvalue weighted by Crippen LogP contribution is 2.30. The van der Waals surface area contributed by atoms with Crippen molar-refractivity contribution in [2.45, 2.75) is 6.18 Å². The van der Waals surface area contributed by atoms with Crippen LogP contribution in [0.25, 0.3) is 0 Å². The maximum absolute atomic E-state index is 12.7. The molecule has 1 aromatic heterocycles. The van der Waals surface area contributed by atoms with Gasteiger partial charge in [-0.25, -0.2) is 9.20 Å². The SMILES string of the molecule is Nc1nonc1C1=[N+](CC(=O)Nc2cccc(C(F)(F)F)c2)CCN1. The number of aromatic nitrogens is 2. The predicted molar refractivity (Wildman–Crippen MR) is 80.9 cm³/mol. The second-order valence-electron chi connectivity index (χ2n) is 5.32. The summed E-state index contributed by atoms with van der Waals surface area (Å²) in [5, 5.41) is 12.6. The molecule has 11 heteroatoms. The van der Waals surface area contributed by atoms with Crippen molar-refractivity contribution in [1.29, 1.82) is 0 Å². The van der Waals surface area contributed by atoms with Crippen molar-refractivity contribution in [2.24, 2.45) is 0 Å². The summed E-state index contributed by atoms with van der Waals surface area (Å²) in [4.78, 5) is 12.2. The van der Waals surface area contributed by atoms with Gasteiger partial charge in [-0.1, -0.05) is 6.07 Å². The molecule has 0 atom stereocenters. The van der Waals surface area contributed by atoms with Gasteiger partial charge >= 0.3 is 12.0 Å². The van der Waals surface area contributed by atoms with Crippen LogP contribution in [-0.2, 0) is 11.0 Å². The Morgan fingerprint density at radius 1 is 1.40 bits per heavy atom. The molecule has 1 amide bonds. The van der Waals surface area contributed by atoms with E-state index in [0.717, 1.165) is 12.1 Å². The molecule has 1 aliphatic heterocycles.